The number of esters is 1. The molecule has 1 aliphatic carbocycles. The number of fused-ring (bicyclic) bond motifs is 1. The first-order valence-corrected chi connectivity index (χ1v) is 10.4. The number of carbonyl (C=O) groups is 1. The predicted octanol–water partition coefficient (Wildman–Crippen LogP) is 4.82. The van der Waals surface area contributed by atoms with Crippen molar-refractivity contribution < 1.29 is 13.9 Å². The summed E-state index contributed by atoms with van der Waals surface area (Å²) in [4.78, 5) is 14.3. The van der Waals surface area contributed by atoms with Crippen LogP contribution in [0.15, 0.2) is 59.3 Å². The summed E-state index contributed by atoms with van der Waals surface area (Å²) < 4.78 is 13.2. The van der Waals surface area contributed by atoms with Crippen LogP contribution in [0, 0.1) is 0 Å². The van der Waals surface area contributed by atoms with Gasteiger partial charge in [0.1, 0.15) is 5.00 Å². The van der Waals surface area contributed by atoms with E-state index in [0.717, 1.165) is 41.8 Å². The lowest BCUT2D eigenvalue weighted by Crippen LogP contribution is -2.11. The molecule has 0 fully saturated rings. The van der Waals surface area contributed by atoms with Gasteiger partial charge in [0.2, 0.25) is 5.89 Å². The van der Waals surface area contributed by atoms with Gasteiger partial charge in [-0.25, -0.2) is 4.79 Å². The van der Waals surface area contributed by atoms with E-state index in [1.165, 1.54) is 4.88 Å². The molecule has 0 unspecified atom stereocenters. The van der Waals surface area contributed by atoms with Crippen molar-refractivity contribution in [2.24, 2.45) is 0 Å². The Labute approximate surface area is 171 Å². The maximum Gasteiger partial charge on any atom is 0.341 e. The van der Waals surface area contributed by atoms with Gasteiger partial charge < -0.3 is 13.7 Å². The van der Waals surface area contributed by atoms with Gasteiger partial charge in [-0.3, -0.25) is 0 Å². The van der Waals surface area contributed by atoms with Crippen LogP contribution in [-0.4, -0.2) is 20.7 Å². The predicted molar refractivity (Wildman–Crippen MR) is 109 cm³/mol. The molecule has 29 heavy (non-hydrogen) atoms. The molecule has 1 aromatic carbocycles. The summed E-state index contributed by atoms with van der Waals surface area (Å²) in [7, 11) is 0. The number of aromatic nitrogens is 3. The van der Waals surface area contributed by atoms with Crippen LogP contribution in [0.2, 0.25) is 0 Å². The van der Waals surface area contributed by atoms with Crippen molar-refractivity contribution in [3.63, 3.8) is 0 Å². The lowest BCUT2D eigenvalue weighted by molar-refractivity contribution is 0.0438. The van der Waals surface area contributed by atoms with Gasteiger partial charge in [-0.15, -0.1) is 21.5 Å². The molecule has 0 spiro atoms. The highest BCUT2D eigenvalue weighted by molar-refractivity contribution is 7.15. The van der Waals surface area contributed by atoms with Crippen LogP contribution in [0.25, 0.3) is 16.5 Å². The highest BCUT2D eigenvalue weighted by Crippen LogP contribution is 2.37. The Bertz CT molecular complexity index is 1130. The number of nitrogens with zero attached hydrogens (tertiary/aromatic N) is 3. The second-order valence-electron chi connectivity index (χ2n) is 6.92. The monoisotopic (exact) mass is 405 g/mol. The van der Waals surface area contributed by atoms with Crippen molar-refractivity contribution >= 4 is 17.3 Å². The van der Waals surface area contributed by atoms with Crippen molar-refractivity contribution in [2.45, 2.75) is 32.3 Å². The molecule has 4 aromatic rings. The van der Waals surface area contributed by atoms with Crippen LogP contribution in [0.3, 0.4) is 0 Å². The number of aryl methyl sites for hydroxylation is 1. The molecule has 3 aromatic heterocycles. The summed E-state index contributed by atoms with van der Waals surface area (Å²) in [5, 5.41) is 8.97. The fourth-order valence-electron chi connectivity index (χ4n) is 3.62. The number of benzene rings is 1. The first-order chi connectivity index (χ1) is 14.3. The standard InChI is InChI=1S/C22H19N3O3S/c26-22(27-14-18-23-24-20(28-18)15-8-2-1-3-9-15)19-16-10-4-5-11-17(16)29-21(19)25-12-6-7-13-25/h1-3,6-9,12-13H,4-5,10-11,14H2. The van der Waals surface area contributed by atoms with Gasteiger partial charge in [0.25, 0.3) is 5.89 Å². The molecule has 7 heteroatoms. The molecular weight excluding hydrogens is 386 g/mol. The molecule has 0 radical (unpaired) electrons. The van der Waals surface area contributed by atoms with Crippen LogP contribution in [0.4, 0.5) is 0 Å². The van der Waals surface area contributed by atoms with Gasteiger partial charge in [-0.1, -0.05) is 18.2 Å². The minimum Gasteiger partial charge on any atom is -0.452 e. The number of hydrogen-bond acceptors (Lipinski definition) is 6. The van der Waals surface area contributed by atoms with E-state index in [-0.39, 0.29) is 18.5 Å². The molecule has 1 aliphatic rings. The number of rotatable bonds is 5. The number of hydrogen-bond donors (Lipinski definition) is 0. The van der Waals surface area contributed by atoms with E-state index >= 15 is 0 Å². The molecule has 3 heterocycles. The van der Waals surface area contributed by atoms with E-state index in [1.54, 1.807) is 11.3 Å². The van der Waals surface area contributed by atoms with Crippen molar-refractivity contribution in [3.8, 4) is 16.5 Å². The van der Waals surface area contributed by atoms with E-state index in [2.05, 4.69) is 10.2 Å². The van der Waals surface area contributed by atoms with Crippen molar-refractivity contribution in [1.29, 1.82) is 0 Å². The third-order valence-electron chi connectivity index (χ3n) is 5.01. The number of thiophene rings is 1. The summed E-state index contributed by atoms with van der Waals surface area (Å²) >= 11 is 1.68. The number of ether oxygens (including phenoxy) is 1. The lowest BCUT2D eigenvalue weighted by atomic mass is 9.95. The molecule has 0 atom stereocenters. The zero-order valence-electron chi connectivity index (χ0n) is 15.7. The minimum atomic E-state index is -0.340. The van der Waals surface area contributed by atoms with E-state index in [1.807, 2.05) is 59.4 Å². The number of carbonyl (C=O) groups excluding carboxylic acids is 1. The normalized spacial score (nSPS) is 13.2. The summed E-state index contributed by atoms with van der Waals surface area (Å²) in [5.41, 5.74) is 2.63. The van der Waals surface area contributed by atoms with Crippen LogP contribution >= 0.6 is 11.3 Å². The molecule has 5 rings (SSSR count). The molecule has 0 saturated carbocycles. The maximum atomic E-state index is 13.0. The van der Waals surface area contributed by atoms with Gasteiger partial charge in [0.05, 0.1) is 5.56 Å². The van der Waals surface area contributed by atoms with Crippen LogP contribution in [-0.2, 0) is 24.2 Å². The minimum absolute atomic E-state index is 0.0472. The second kappa shape index (κ2) is 7.67. The average Bonchev–Trinajstić information content (AvgIpc) is 3.52. The van der Waals surface area contributed by atoms with Crippen molar-refractivity contribution in [1.82, 2.24) is 14.8 Å². The van der Waals surface area contributed by atoms with Crippen molar-refractivity contribution in [3.05, 3.63) is 76.8 Å². The highest BCUT2D eigenvalue weighted by atomic mass is 32.1. The fourth-order valence-corrected chi connectivity index (χ4v) is 4.97. The van der Waals surface area contributed by atoms with Gasteiger partial charge in [0.15, 0.2) is 6.61 Å². The molecular formula is C22H19N3O3S. The molecule has 0 aliphatic heterocycles. The summed E-state index contributed by atoms with van der Waals surface area (Å²) in [6, 6.07) is 13.4. The Balaban J connectivity index is 1.38. The zero-order valence-corrected chi connectivity index (χ0v) is 16.5. The maximum absolute atomic E-state index is 13.0. The quantitative estimate of drug-likeness (QED) is 0.445. The fraction of sp³-hybridized carbons (Fsp3) is 0.227. The molecule has 0 amide bonds. The van der Waals surface area contributed by atoms with Gasteiger partial charge in [0, 0.05) is 22.8 Å². The second-order valence-corrected chi connectivity index (χ2v) is 8.01. The van der Waals surface area contributed by atoms with E-state index in [9.17, 15) is 4.79 Å². The smallest absolute Gasteiger partial charge is 0.341 e. The van der Waals surface area contributed by atoms with Gasteiger partial charge in [-0.05, 0) is 55.5 Å². The third-order valence-corrected chi connectivity index (χ3v) is 6.32. The topological polar surface area (TPSA) is 70.2 Å². The highest BCUT2D eigenvalue weighted by Gasteiger charge is 2.27. The SMILES string of the molecule is O=C(OCc1nnc(-c2ccccc2)o1)c1c(-n2cccc2)sc2c1CCCC2. The molecule has 146 valence electrons. The van der Waals surface area contributed by atoms with Gasteiger partial charge >= 0.3 is 5.97 Å². The Morgan fingerprint density at radius 2 is 1.86 bits per heavy atom. The lowest BCUT2D eigenvalue weighted by Gasteiger charge is -2.12. The summed E-state index contributed by atoms with van der Waals surface area (Å²) in [5.74, 6) is 0.356. The Hall–Kier alpha value is -3.19. The molecule has 0 N–H and O–H groups in total. The van der Waals surface area contributed by atoms with E-state index in [4.69, 9.17) is 9.15 Å². The van der Waals surface area contributed by atoms with Crippen LogP contribution in [0.1, 0.15) is 39.5 Å². The van der Waals surface area contributed by atoms with Crippen molar-refractivity contribution in [2.75, 3.05) is 0 Å². The Morgan fingerprint density at radius 3 is 2.69 bits per heavy atom. The van der Waals surface area contributed by atoms with E-state index in [0.29, 0.717) is 11.5 Å². The largest absolute Gasteiger partial charge is 0.452 e. The van der Waals surface area contributed by atoms with E-state index < -0.39 is 0 Å². The Kier molecular flexibility index (Phi) is 4.73. The third kappa shape index (κ3) is 3.49. The average molecular weight is 405 g/mol. The van der Waals surface area contributed by atoms with Gasteiger partial charge in [-0.2, -0.15) is 0 Å². The summed E-state index contributed by atoms with van der Waals surface area (Å²) in [6.07, 6.45) is 8.11. The first-order valence-electron chi connectivity index (χ1n) is 9.62. The molecule has 0 bridgehead atoms. The zero-order chi connectivity index (χ0) is 19.6. The molecule has 0 saturated heterocycles. The molecule has 6 nitrogen and oxygen atoms in total. The van der Waals surface area contributed by atoms with Crippen LogP contribution < -0.4 is 0 Å². The Morgan fingerprint density at radius 1 is 1.07 bits per heavy atom. The van der Waals surface area contributed by atoms with Crippen LogP contribution in [0.5, 0.6) is 0 Å². The summed E-state index contributed by atoms with van der Waals surface area (Å²) in [6.45, 7) is -0.0472. The first kappa shape index (κ1) is 17.9.